The molecular formula is C6H14NO4P. The van der Waals surface area contributed by atoms with Crippen LogP contribution >= 0.6 is 7.82 Å². The van der Waals surface area contributed by atoms with Crippen LogP contribution in [0.25, 0.3) is 0 Å². The molecule has 0 aromatic rings. The molecular weight excluding hydrogens is 181 g/mol. The smallest absolute Gasteiger partial charge is 0.327 e. The third-order valence-corrected chi connectivity index (χ3v) is 1.01. The molecule has 72 valence electrons. The zero-order valence-corrected chi connectivity index (χ0v) is 7.61. The SMILES string of the molecule is C=CCN.C=CCOP(=O)(O)O. The third-order valence-electron chi connectivity index (χ3n) is 0.527. The van der Waals surface area contributed by atoms with Crippen LogP contribution in [0.3, 0.4) is 0 Å². The molecule has 0 aliphatic carbocycles. The normalized spacial score (nSPS) is 9.58. The van der Waals surface area contributed by atoms with Crippen LogP contribution in [0.5, 0.6) is 0 Å². The molecule has 0 bridgehead atoms. The molecule has 0 aromatic heterocycles. The molecule has 0 heterocycles. The standard InChI is InChI=1S/C3H7N.C3H7O4P/c1-2-3-4;1-2-3-7-8(4,5)6/h2H,1,3-4H2;2H,1,3H2,(H2,4,5,6). The Hall–Kier alpha value is -0.450. The molecule has 0 unspecified atom stereocenters. The molecule has 5 nitrogen and oxygen atoms in total. The maximum absolute atomic E-state index is 9.81. The Morgan fingerprint density at radius 2 is 1.83 bits per heavy atom. The number of phosphoric acid groups is 1. The first-order chi connectivity index (χ1) is 5.47. The summed E-state index contributed by atoms with van der Waals surface area (Å²) in [7, 11) is -4.25. The van der Waals surface area contributed by atoms with Crippen molar-refractivity contribution < 1.29 is 18.9 Å². The second-order valence-electron chi connectivity index (χ2n) is 1.60. The van der Waals surface area contributed by atoms with Gasteiger partial charge in [0.2, 0.25) is 0 Å². The van der Waals surface area contributed by atoms with E-state index in [1.54, 1.807) is 6.08 Å². The fourth-order valence-corrected chi connectivity index (χ4v) is 0.449. The fraction of sp³-hybridized carbons (Fsp3) is 0.333. The molecule has 4 N–H and O–H groups in total. The molecule has 6 heteroatoms. The van der Waals surface area contributed by atoms with Crippen molar-refractivity contribution in [3.05, 3.63) is 25.3 Å². The minimum atomic E-state index is -4.25. The lowest BCUT2D eigenvalue weighted by Crippen LogP contribution is -1.90. The second kappa shape index (κ2) is 8.64. The predicted molar refractivity (Wildman–Crippen MR) is 47.4 cm³/mol. The monoisotopic (exact) mass is 195 g/mol. The Kier molecular flexibility index (Phi) is 10.2. The summed E-state index contributed by atoms with van der Waals surface area (Å²) in [4.78, 5) is 16.0. The van der Waals surface area contributed by atoms with Gasteiger partial charge in [-0.15, -0.1) is 13.2 Å². The molecule has 0 aliphatic rings. The quantitative estimate of drug-likeness (QED) is 0.446. The van der Waals surface area contributed by atoms with Gasteiger partial charge in [0.15, 0.2) is 0 Å². The first-order valence-corrected chi connectivity index (χ1v) is 4.63. The van der Waals surface area contributed by atoms with Crippen LogP contribution in [0.2, 0.25) is 0 Å². The van der Waals surface area contributed by atoms with Gasteiger partial charge in [0.25, 0.3) is 0 Å². The Balaban J connectivity index is 0. The van der Waals surface area contributed by atoms with Gasteiger partial charge in [-0.1, -0.05) is 12.2 Å². The van der Waals surface area contributed by atoms with Crippen molar-refractivity contribution in [3.8, 4) is 0 Å². The van der Waals surface area contributed by atoms with Gasteiger partial charge in [0.1, 0.15) is 0 Å². The van der Waals surface area contributed by atoms with Crippen molar-refractivity contribution in [3.63, 3.8) is 0 Å². The van der Waals surface area contributed by atoms with Gasteiger partial charge in [0, 0.05) is 6.54 Å². The zero-order chi connectivity index (χ0) is 10.0. The third kappa shape index (κ3) is 22.7. The minimum absolute atomic E-state index is 0.121. The average molecular weight is 195 g/mol. The highest BCUT2D eigenvalue weighted by Gasteiger charge is 2.10. The van der Waals surface area contributed by atoms with Crippen LogP contribution in [-0.4, -0.2) is 22.9 Å². The molecule has 0 amide bonds. The van der Waals surface area contributed by atoms with Crippen molar-refractivity contribution in [2.24, 2.45) is 5.73 Å². The van der Waals surface area contributed by atoms with Crippen molar-refractivity contribution in [1.82, 2.24) is 0 Å². The molecule has 0 aromatic carbocycles. The number of nitrogens with two attached hydrogens (primary N) is 1. The zero-order valence-electron chi connectivity index (χ0n) is 6.72. The first kappa shape index (κ1) is 14.1. The topological polar surface area (TPSA) is 92.8 Å². The second-order valence-corrected chi connectivity index (χ2v) is 2.84. The van der Waals surface area contributed by atoms with Gasteiger partial charge < -0.3 is 15.5 Å². The van der Waals surface area contributed by atoms with E-state index in [0.29, 0.717) is 6.54 Å². The Morgan fingerprint density at radius 1 is 1.42 bits per heavy atom. The number of hydrogen-bond acceptors (Lipinski definition) is 3. The van der Waals surface area contributed by atoms with Gasteiger partial charge >= 0.3 is 7.82 Å². The molecule has 0 aliphatic heterocycles. The highest BCUT2D eigenvalue weighted by molar-refractivity contribution is 7.46. The Labute approximate surface area is 71.8 Å². The maximum Gasteiger partial charge on any atom is 0.469 e. The summed E-state index contributed by atoms with van der Waals surface area (Å²) >= 11 is 0. The highest BCUT2D eigenvalue weighted by atomic mass is 31.2. The van der Waals surface area contributed by atoms with Gasteiger partial charge in [-0.25, -0.2) is 4.57 Å². The van der Waals surface area contributed by atoms with E-state index in [4.69, 9.17) is 15.5 Å². The number of rotatable bonds is 4. The first-order valence-electron chi connectivity index (χ1n) is 3.10. The van der Waals surface area contributed by atoms with Gasteiger partial charge in [-0.3, -0.25) is 4.52 Å². The molecule has 12 heavy (non-hydrogen) atoms. The van der Waals surface area contributed by atoms with E-state index in [0.717, 1.165) is 0 Å². The summed E-state index contributed by atoms with van der Waals surface area (Å²) in [6.45, 7) is 7.01. The highest BCUT2D eigenvalue weighted by Crippen LogP contribution is 2.35. The van der Waals surface area contributed by atoms with Crippen LogP contribution in [0, 0.1) is 0 Å². The van der Waals surface area contributed by atoms with Crippen molar-refractivity contribution >= 4 is 7.82 Å². The Morgan fingerprint density at radius 3 is 1.92 bits per heavy atom. The van der Waals surface area contributed by atoms with Crippen LogP contribution in [0.4, 0.5) is 0 Å². The maximum atomic E-state index is 9.81. The van der Waals surface area contributed by atoms with E-state index in [1.165, 1.54) is 6.08 Å². The lowest BCUT2D eigenvalue weighted by Gasteiger charge is -1.98. The summed E-state index contributed by atoms with van der Waals surface area (Å²) in [5, 5.41) is 0. The van der Waals surface area contributed by atoms with Crippen molar-refractivity contribution in [1.29, 1.82) is 0 Å². The van der Waals surface area contributed by atoms with E-state index >= 15 is 0 Å². The van der Waals surface area contributed by atoms with E-state index in [1.807, 2.05) is 0 Å². The van der Waals surface area contributed by atoms with Crippen LogP contribution < -0.4 is 5.73 Å². The van der Waals surface area contributed by atoms with Gasteiger partial charge in [-0.05, 0) is 0 Å². The summed E-state index contributed by atoms with van der Waals surface area (Å²) in [6.07, 6.45) is 2.92. The van der Waals surface area contributed by atoms with Crippen LogP contribution in [0.1, 0.15) is 0 Å². The molecule has 0 atom stereocenters. The molecule has 0 saturated carbocycles. The summed E-state index contributed by atoms with van der Waals surface area (Å²) in [5.74, 6) is 0. The minimum Gasteiger partial charge on any atom is -0.327 e. The summed E-state index contributed by atoms with van der Waals surface area (Å²) < 4.78 is 13.7. The van der Waals surface area contributed by atoms with Crippen LogP contribution in [-0.2, 0) is 9.09 Å². The lowest BCUT2D eigenvalue weighted by atomic mass is 10.7. The average Bonchev–Trinajstić information content (AvgIpc) is 2.00. The van der Waals surface area contributed by atoms with Gasteiger partial charge in [0.05, 0.1) is 6.61 Å². The molecule has 0 fully saturated rings. The van der Waals surface area contributed by atoms with Crippen LogP contribution in [0.15, 0.2) is 25.3 Å². The Bertz CT molecular complexity index is 165. The number of phosphoric ester groups is 1. The van der Waals surface area contributed by atoms with E-state index in [-0.39, 0.29) is 6.61 Å². The summed E-state index contributed by atoms with van der Waals surface area (Å²) in [6, 6.07) is 0. The van der Waals surface area contributed by atoms with E-state index < -0.39 is 7.82 Å². The van der Waals surface area contributed by atoms with Crippen molar-refractivity contribution in [2.75, 3.05) is 13.2 Å². The van der Waals surface area contributed by atoms with Gasteiger partial charge in [-0.2, -0.15) is 0 Å². The van der Waals surface area contributed by atoms with Crippen molar-refractivity contribution in [2.45, 2.75) is 0 Å². The molecule has 0 spiro atoms. The predicted octanol–water partition coefficient (Wildman–Crippen LogP) is 0.413. The lowest BCUT2D eigenvalue weighted by molar-refractivity contribution is 0.216. The fourth-order valence-electron chi connectivity index (χ4n) is 0.150. The van der Waals surface area contributed by atoms with E-state index in [2.05, 4.69) is 17.7 Å². The number of hydrogen-bond donors (Lipinski definition) is 3. The largest absolute Gasteiger partial charge is 0.469 e. The summed E-state index contributed by atoms with van der Waals surface area (Å²) in [5.41, 5.74) is 4.91. The van der Waals surface area contributed by atoms with E-state index in [9.17, 15) is 4.57 Å². The molecule has 0 rings (SSSR count). The molecule has 0 saturated heterocycles. The molecule has 0 radical (unpaired) electrons.